The zero-order valence-electron chi connectivity index (χ0n) is 8.71. The van der Waals surface area contributed by atoms with Crippen LogP contribution in [-0.2, 0) is 6.18 Å². The van der Waals surface area contributed by atoms with Gasteiger partial charge in [-0.15, -0.1) is 0 Å². The van der Waals surface area contributed by atoms with Gasteiger partial charge in [-0.05, 0) is 17.7 Å². The summed E-state index contributed by atoms with van der Waals surface area (Å²) < 4.78 is 42.5. The predicted molar refractivity (Wildman–Crippen MR) is 54.0 cm³/mol. The normalized spacial score (nSPS) is 13.6. The van der Waals surface area contributed by atoms with E-state index in [1.54, 1.807) is 0 Å². The zero-order valence-corrected chi connectivity index (χ0v) is 8.71. The third kappa shape index (κ3) is 2.65. The summed E-state index contributed by atoms with van der Waals surface area (Å²) in [6.45, 7) is 0.0869. The Bertz CT molecular complexity index is 366. The van der Waals surface area contributed by atoms with Crippen molar-refractivity contribution in [3.05, 3.63) is 29.3 Å². The maximum atomic E-state index is 12.6. The number of halogens is 3. The molecule has 90 valence electrons. The number of alkyl halides is 3. The van der Waals surface area contributed by atoms with Crippen LogP contribution >= 0.6 is 0 Å². The molecule has 0 aromatic heterocycles. The molecule has 16 heavy (non-hydrogen) atoms. The summed E-state index contributed by atoms with van der Waals surface area (Å²) >= 11 is 0. The number of nitrogens with two attached hydrogens (primary N) is 2. The van der Waals surface area contributed by atoms with Gasteiger partial charge in [-0.3, -0.25) is 0 Å². The Morgan fingerprint density at radius 3 is 2.44 bits per heavy atom. The Morgan fingerprint density at radius 2 is 2.00 bits per heavy atom. The first-order chi connectivity index (χ1) is 7.40. The van der Waals surface area contributed by atoms with Crippen molar-refractivity contribution in [2.75, 3.05) is 13.7 Å². The van der Waals surface area contributed by atoms with Gasteiger partial charge >= 0.3 is 6.18 Å². The minimum Gasteiger partial charge on any atom is -0.496 e. The number of benzene rings is 1. The fourth-order valence-corrected chi connectivity index (χ4v) is 1.31. The second-order valence-corrected chi connectivity index (χ2v) is 3.30. The van der Waals surface area contributed by atoms with E-state index in [0.717, 1.165) is 6.07 Å². The van der Waals surface area contributed by atoms with E-state index in [0.29, 0.717) is 5.56 Å². The standard InChI is InChI=1S/C10H13F3N2O/c1-16-9-3-2-6(8(15)5-14)4-7(9)10(11,12)13/h2-4,8H,5,14-15H2,1H3. The lowest BCUT2D eigenvalue weighted by molar-refractivity contribution is -0.138. The van der Waals surface area contributed by atoms with Crippen molar-refractivity contribution < 1.29 is 17.9 Å². The topological polar surface area (TPSA) is 61.3 Å². The Balaban J connectivity index is 3.22. The molecule has 0 saturated heterocycles. The van der Waals surface area contributed by atoms with Crippen LogP contribution in [0, 0.1) is 0 Å². The van der Waals surface area contributed by atoms with Crippen LogP contribution in [0.3, 0.4) is 0 Å². The van der Waals surface area contributed by atoms with Gasteiger partial charge in [0.2, 0.25) is 0 Å². The summed E-state index contributed by atoms with van der Waals surface area (Å²) in [4.78, 5) is 0. The fourth-order valence-electron chi connectivity index (χ4n) is 1.31. The van der Waals surface area contributed by atoms with Crippen molar-refractivity contribution in [3.63, 3.8) is 0 Å². The number of hydrogen-bond donors (Lipinski definition) is 2. The molecule has 0 aliphatic rings. The van der Waals surface area contributed by atoms with Crippen LogP contribution in [0.5, 0.6) is 5.75 Å². The van der Waals surface area contributed by atoms with Gasteiger partial charge in [0.1, 0.15) is 5.75 Å². The Hall–Kier alpha value is -1.27. The molecule has 0 heterocycles. The third-order valence-corrected chi connectivity index (χ3v) is 2.21. The van der Waals surface area contributed by atoms with Gasteiger partial charge in [0.05, 0.1) is 12.7 Å². The quantitative estimate of drug-likeness (QED) is 0.836. The summed E-state index contributed by atoms with van der Waals surface area (Å²) in [5.74, 6) is -0.222. The van der Waals surface area contributed by atoms with E-state index in [1.165, 1.54) is 19.2 Å². The third-order valence-electron chi connectivity index (χ3n) is 2.21. The van der Waals surface area contributed by atoms with E-state index < -0.39 is 17.8 Å². The van der Waals surface area contributed by atoms with Gasteiger partial charge in [-0.2, -0.15) is 13.2 Å². The maximum Gasteiger partial charge on any atom is 0.419 e. The van der Waals surface area contributed by atoms with E-state index >= 15 is 0 Å². The van der Waals surface area contributed by atoms with E-state index in [9.17, 15) is 13.2 Å². The van der Waals surface area contributed by atoms with Crippen molar-refractivity contribution >= 4 is 0 Å². The molecule has 0 amide bonds. The first-order valence-corrected chi connectivity index (χ1v) is 4.61. The molecular weight excluding hydrogens is 221 g/mol. The van der Waals surface area contributed by atoms with Crippen molar-refractivity contribution in [3.8, 4) is 5.75 Å². The number of methoxy groups -OCH3 is 1. The maximum absolute atomic E-state index is 12.6. The van der Waals surface area contributed by atoms with Crippen molar-refractivity contribution in [1.82, 2.24) is 0 Å². The molecule has 0 aliphatic carbocycles. The van der Waals surface area contributed by atoms with Crippen molar-refractivity contribution in [1.29, 1.82) is 0 Å². The molecule has 0 radical (unpaired) electrons. The number of ether oxygens (including phenoxy) is 1. The first kappa shape index (κ1) is 12.8. The summed E-state index contributed by atoms with van der Waals surface area (Å²) in [7, 11) is 1.19. The van der Waals surface area contributed by atoms with Gasteiger partial charge in [0.25, 0.3) is 0 Å². The second kappa shape index (κ2) is 4.71. The Morgan fingerprint density at radius 1 is 1.38 bits per heavy atom. The van der Waals surface area contributed by atoms with Gasteiger partial charge in [0, 0.05) is 12.6 Å². The van der Waals surface area contributed by atoms with Gasteiger partial charge in [0.15, 0.2) is 0 Å². The lowest BCUT2D eigenvalue weighted by Gasteiger charge is -2.15. The minimum absolute atomic E-state index is 0.0869. The van der Waals surface area contributed by atoms with Gasteiger partial charge in [-0.25, -0.2) is 0 Å². The van der Waals surface area contributed by atoms with Crippen LogP contribution in [0.2, 0.25) is 0 Å². The summed E-state index contributed by atoms with van der Waals surface area (Å²) in [5, 5.41) is 0. The first-order valence-electron chi connectivity index (χ1n) is 4.61. The highest BCUT2D eigenvalue weighted by Crippen LogP contribution is 2.37. The van der Waals surface area contributed by atoms with Gasteiger partial charge in [-0.1, -0.05) is 6.07 Å². The number of rotatable bonds is 3. The molecular formula is C10H13F3N2O. The van der Waals surface area contributed by atoms with Crippen LogP contribution in [0.25, 0.3) is 0 Å². The molecule has 0 spiro atoms. The van der Waals surface area contributed by atoms with Crippen molar-refractivity contribution in [2.45, 2.75) is 12.2 Å². The molecule has 3 nitrogen and oxygen atoms in total. The van der Waals surface area contributed by atoms with Gasteiger partial charge < -0.3 is 16.2 Å². The molecule has 1 atom stereocenters. The number of hydrogen-bond acceptors (Lipinski definition) is 3. The average Bonchev–Trinajstić information content (AvgIpc) is 2.26. The molecule has 0 bridgehead atoms. The largest absolute Gasteiger partial charge is 0.496 e. The van der Waals surface area contributed by atoms with Crippen molar-refractivity contribution in [2.24, 2.45) is 11.5 Å². The highest BCUT2D eigenvalue weighted by Gasteiger charge is 2.34. The Kier molecular flexibility index (Phi) is 3.77. The molecule has 1 aromatic rings. The fraction of sp³-hybridized carbons (Fsp3) is 0.400. The SMILES string of the molecule is COc1ccc(C(N)CN)cc1C(F)(F)F. The van der Waals surface area contributed by atoms with E-state index in [2.05, 4.69) is 4.74 Å². The molecule has 0 aliphatic heterocycles. The molecule has 1 rings (SSSR count). The zero-order chi connectivity index (χ0) is 12.3. The van der Waals surface area contributed by atoms with E-state index in [1.807, 2.05) is 0 Å². The molecule has 1 aromatic carbocycles. The van der Waals surface area contributed by atoms with Crippen LogP contribution < -0.4 is 16.2 Å². The van der Waals surface area contributed by atoms with Crippen LogP contribution in [0.1, 0.15) is 17.2 Å². The summed E-state index contributed by atoms with van der Waals surface area (Å²) in [6, 6.07) is 3.09. The second-order valence-electron chi connectivity index (χ2n) is 3.30. The van der Waals surface area contributed by atoms with E-state index in [4.69, 9.17) is 11.5 Å². The molecule has 0 saturated carbocycles. The minimum atomic E-state index is -4.46. The van der Waals surface area contributed by atoms with E-state index in [-0.39, 0.29) is 12.3 Å². The highest BCUT2D eigenvalue weighted by atomic mass is 19.4. The smallest absolute Gasteiger partial charge is 0.419 e. The lowest BCUT2D eigenvalue weighted by Crippen LogP contribution is -2.21. The molecule has 6 heteroatoms. The molecule has 1 unspecified atom stereocenters. The van der Waals surface area contributed by atoms with Crippen LogP contribution in [0.15, 0.2) is 18.2 Å². The van der Waals surface area contributed by atoms with Crippen LogP contribution in [-0.4, -0.2) is 13.7 Å². The monoisotopic (exact) mass is 234 g/mol. The highest BCUT2D eigenvalue weighted by molar-refractivity contribution is 5.40. The Labute approximate surface area is 91.2 Å². The predicted octanol–water partition coefficient (Wildman–Crippen LogP) is 1.67. The molecule has 0 fully saturated rings. The summed E-state index contributed by atoms with van der Waals surface area (Å²) in [6.07, 6.45) is -4.46. The van der Waals surface area contributed by atoms with Crippen LogP contribution in [0.4, 0.5) is 13.2 Å². The molecule has 4 N–H and O–H groups in total. The average molecular weight is 234 g/mol. The lowest BCUT2D eigenvalue weighted by atomic mass is 10.0. The summed E-state index contributed by atoms with van der Waals surface area (Å²) in [5.41, 5.74) is 10.4.